The minimum absolute atomic E-state index is 0.523. The van der Waals surface area contributed by atoms with Crippen molar-refractivity contribution in [2.45, 2.75) is 84.0 Å². The molecular weight excluding hydrogens is 429 g/mol. The number of nitrogens with zero attached hydrogens (tertiary/aromatic N) is 1. The maximum atomic E-state index is 13.8. The maximum Gasteiger partial charge on any atom is 0.304 e. The Hall–Kier alpha value is -2.89. The van der Waals surface area contributed by atoms with Gasteiger partial charge in [0.1, 0.15) is 0 Å². The number of anilines is 2. The maximum absolute atomic E-state index is 13.8. The molecule has 0 aromatic heterocycles. The van der Waals surface area contributed by atoms with Gasteiger partial charge < -0.3 is 11.1 Å². The van der Waals surface area contributed by atoms with E-state index in [-0.39, 0.29) is 0 Å². The van der Waals surface area contributed by atoms with Crippen LogP contribution in [-0.2, 0) is 0 Å². The third-order valence-corrected chi connectivity index (χ3v) is 6.06. The predicted octanol–water partition coefficient (Wildman–Crippen LogP) is 8.60. The highest BCUT2D eigenvalue weighted by atomic mass is 19.1. The van der Waals surface area contributed by atoms with Gasteiger partial charge in [0.05, 0.1) is 16.3 Å². The Morgan fingerprint density at radius 1 is 0.853 bits per heavy atom. The monoisotopic (exact) mass is 469 g/mol. The summed E-state index contributed by atoms with van der Waals surface area (Å²) in [6, 6.07) is 9.61. The predicted molar refractivity (Wildman–Crippen MR) is 142 cm³/mol. The number of nitro groups is 1. The molecule has 0 bridgehead atoms. The summed E-state index contributed by atoms with van der Waals surface area (Å²) in [5, 5.41) is 14.1. The SMILES string of the molecule is CCCCCCCCCCCCCCNc1ccc(C=Cc2ccc([N+](=O)[O-])c(F)c2)cc1N. The number of nitrogens with two attached hydrogens (primary N) is 1. The molecule has 0 saturated heterocycles. The van der Waals surface area contributed by atoms with Crippen LogP contribution in [0.1, 0.15) is 95.1 Å². The summed E-state index contributed by atoms with van der Waals surface area (Å²) in [7, 11) is 0. The molecule has 0 saturated carbocycles. The van der Waals surface area contributed by atoms with Gasteiger partial charge in [-0.05, 0) is 41.8 Å². The van der Waals surface area contributed by atoms with Crippen LogP contribution in [-0.4, -0.2) is 11.5 Å². The standard InChI is InChI=1S/C28H40FN3O2/c1-2-3-4-5-6-7-8-9-10-11-12-13-20-31-27-18-16-24(22-26(27)30)15-14-23-17-19-28(32(33)34)25(29)21-23/h14-19,21-22,31H,2-13,20,30H2,1H3. The molecule has 0 unspecified atom stereocenters. The first-order valence-corrected chi connectivity index (χ1v) is 12.8. The first-order valence-electron chi connectivity index (χ1n) is 12.8. The molecular formula is C28H40FN3O2. The van der Waals surface area contributed by atoms with Gasteiger partial charge in [0, 0.05) is 12.6 Å². The Balaban J connectivity index is 1.63. The summed E-state index contributed by atoms with van der Waals surface area (Å²) in [5.74, 6) is -0.844. The first-order chi connectivity index (χ1) is 16.5. The fourth-order valence-electron chi connectivity index (χ4n) is 4.00. The van der Waals surface area contributed by atoms with Crippen LogP contribution in [0.3, 0.4) is 0 Å². The van der Waals surface area contributed by atoms with Gasteiger partial charge in [-0.25, -0.2) is 0 Å². The summed E-state index contributed by atoms with van der Waals surface area (Å²) in [6.07, 6.45) is 19.5. The number of benzene rings is 2. The van der Waals surface area contributed by atoms with Crippen LogP contribution < -0.4 is 11.1 Å². The number of hydrogen-bond acceptors (Lipinski definition) is 4. The number of nitro benzene ring substituents is 1. The van der Waals surface area contributed by atoms with Gasteiger partial charge in [-0.1, -0.05) is 95.8 Å². The van der Waals surface area contributed by atoms with Crippen molar-refractivity contribution < 1.29 is 9.31 Å². The highest BCUT2D eigenvalue weighted by Crippen LogP contribution is 2.23. The molecule has 0 spiro atoms. The molecule has 186 valence electrons. The van der Waals surface area contributed by atoms with E-state index in [9.17, 15) is 14.5 Å². The molecule has 0 heterocycles. The molecule has 2 rings (SSSR count). The van der Waals surface area contributed by atoms with Crippen molar-refractivity contribution in [3.05, 3.63) is 63.5 Å². The quantitative estimate of drug-likeness (QED) is 0.0799. The number of unbranched alkanes of at least 4 members (excludes halogenated alkanes) is 11. The second kappa shape index (κ2) is 15.9. The largest absolute Gasteiger partial charge is 0.397 e. The van der Waals surface area contributed by atoms with Crippen LogP contribution in [0.5, 0.6) is 0 Å². The zero-order chi connectivity index (χ0) is 24.6. The smallest absolute Gasteiger partial charge is 0.304 e. The lowest BCUT2D eigenvalue weighted by Crippen LogP contribution is -2.04. The van der Waals surface area contributed by atoms with Gasteiger partial charge >= 0.3 is 5.69 Å². The average molecular weight is 470 g/mol. The molecule has 0 aliphatic heterocycles. The minimum atomic E-state index is -0.844. The third kappa shape index (κ3) is 10.4. The van der Waals surface area contributed by atoms with E-state index in [4.69, 9.17) is 5.73 Å². The van der Waals surface area contributed by atoms with E-state index in [0.29, 0.717) is 11.3 Å². The number of nitrogen functional groups attached to an aromatic ring is 1. The summed E-state index contributed by atoms with van der Waals surface area (Å²) in [6.45, 7) is 3.16. The van der Waals surface area contributed by atoms with Crippen LogP contribution in [0.25, 0.3) is 12.2 Å². The zero-order valence-corrected chi connectivity index (χ0v) is 20.5. The van der Waals surface area contributed by atoms with E-state index in [1.165, 1.54) is 82.8 Å². The molecule has 6 heteroatoms. The van der Waals surface area contributed by atoms with Gasteiger partial charge in [0.15, 0.2) is 0 Å². The van der Waals surface area contributed by atoms with E-state index >= 15 is 0 Å². The lowest BCUT2D eigenvalue weighted by Gasteiger charge is -2.10. The van der Waals surface area contributed by atoms with Crippen LogP contribution in [0.15, 0.2) is 36.4 Å². The van der Waals surface area contributed by atoms with Crippen LogP contribution in [0.4, 0.5) is 21.5 Å². The molecule has 0 aliphatic carbocycles. The van der Waals surface area contributed by atoms with Gasteiger partial charge in [-0.3, -0.25) is 10.1 Å². The molecule has 0 atom stereocenters. The van der Waals surface area contributed by atoms with E-state index in [2.05, 4.69) is 12.2 Å². The van der Waals surface area contributed by atoms with Gasteiger partial charge in [0.25, 0.3) is 0 Å². The number of halogens is 1. The van der Waals surface area contributed by atoms with E-state index in [0.717, 1.165) is 30.3 Å². The molecule has 0 radical (unpaired) electrons. The molecule has 3 N–H and O–H groups in total. The molecule has 2 aromatic rings. The highest BCUT2D eigenvalue weighted by molar-refractivity contribution is 5.76. The summed E-state index contributed by atoms with van der Waals surface area (Å²) in [4.78, 5) is 9.99. The van der Waals surface area contributed by atoms with Gasteiger partial charge in [0.2, 0.25) is 5.82 Å². The van der Waals surface area contributed by atoms with Crippen molar-refractivity contribution in [2.75, 3.05) is 17.6 Å². The van der Waals surface area contributed by atoms with Crippen molar-refractivity contribution in [3.63, 3.8) is 0 Å². The Morgan fingerprint density at radius 3 is 1.91 bits per heavy atom. The summed E-state index contributed by atoms with van der Waals surface area (Å²) >= 11 is 0. The van der Waals surface area contributed by atoms with E-state index in [1.54, 1.807) is 6.08 Å². The van der Waals surface area contributed by atoms with E-state index in [1.807, 2.05) is 24.3 Å². The Labute approximate surface area is 203 Å². The first kappa shape index (κ1) is 27.4. The van der Waals surface area contributed by atoms with Crippen molar-refractivity contribution in [1.29, 1.82) is 0 Å². The normalized spacial score (nSPS) is 11.2. The molecule has 0 amide bonds. The van der Waals surface area contributed by atoms with Crippen molar-refractivity contribution in [2.24, 2.45) is 0 Å². The number of rotatable bonds is 17. The van der Waals surface area contributed by atoms with Crippen LogP contribution in [0.2, 0.25) is 0 Å². The van der Waals surface area contributed by atoms with Crippen LogP contribution >= 0.6 is 0 Å². The summed E-state index contributed by atoms with van der Waals surface area (Å²) in [5.41, 5.74) is 8.67. The molecule has 2 aromatic carbocycles. The second-order valence-electron chi connectivity index (χ2n) is 8.96. The van der Waals surface area contributed by atoms with Gasteiger partial charge in [-0.15, -0.1) is 0 Å². The fraction of sp³-hybridized carbons (Fsp3) is 0.500. The fourth-order valence-corrected chi connectivity index (χ4v) is 4.00. The second-order valence-corrected chi connectivity index (χ2v) is 8.96. The van der Waals surface area contributed by atoms with Crippen molar-refractivity contribution in [3.8, 4) is 0 Å². The molecule has 5 nitrogen and oxygen atoms in total. The number of nitrogens with one attached hydrogen (secondary N) is 1. The Kier molecular flexibility index (Phi) is 12.8. The lowest BCUT2D eigenvalue weighted by molar-refractivity contribution is -0.387. The Morgan fingerprint density at radius 2 is 1.38 bits per heavy atom. The van der Waals surface area contributed by atoms with E-state index < -0.39 is 16.4 Å². The third-order valence-electron chi connectivity index (χ3n) is 6.06. The minimum Gasteiger partial charge on any atom is -0.397 e. The molecule has 34 heavy (non-hydrogen) atoms. The summed E-state index contributed by atoms with van der Waals surface area (Å²) < 4.78 is 13.8. The van der Waals surface area contributed by atoms with Crippen molar-refractivity contribution >= 4 is 29.2 Å². The van der Waals surface area contributed by atoms with Crippen LogP contribution in [0, 0.1) is 15.9 Å². The average Bonchev–Trinajstić information content (AvgIpc) is 2.81. The zero-order valence-electron chi connectivity index (χ0n) is 20.5. The lowest BCUT2D eigenvalue weighted by atomic mass is 10.1. The highest BCUT2D eigenvalue weighted by Gasteiger charge is 2.12. The van der Waals surface area contributed by atoms with Gasteiger partial charge in [-0.2, -0.15) is 4.39 Å². The molecule has 0 aliphatic rings. The Bertz CT molecular complexity index is 915. The van der Waals surface area contributed by atoms with Crippen molar-refractivity contribution in [1.82, 2.24) is 0 Å². The number of hydrogen-bond donors (Lipinski definition) is 2. The topological polar surface area (TPSA) is 81.2 Å². The molecule has 0 fully saturated rings.